The summed E-state index contributed by atoms with van der Waals surface area (Å²) in [6.07, 6.45) is 1.71. The van der Waals surface area contributed by atoms with Crippen LogP contribution in [0.4, 0.5) is 0 Å². The molecule has 1 rings (SSSR count). The SMILES string of the molecule is N[C@H](CO)CCCOCc1ccccc1. The Morgan fingerprint density at radius 1 is 1.27 bits per heavy atom. The van der Waals surface area contributed by atoms with E-state index in [0.29, 0.717) is 13.2 Å². The number of rotatable bonds is 7. The van der Waals surface area contributed by atoms with Crippen molar-refractivity contribution in [2.75, 3.05) is 13.2 Å². The lowest BCUT2D eigenvalue weighted by molar-refractivity contribution is 0.114. The predicted octanol–water partition coefficient (Wildman–Crippen LogP) is 1.30. The van der Waals surface area contributed by atoms with Crippen molar-refractivity contribution in [2.24, 2.45) is 5.73 Å². The third-order valence-corrected chi connectivity index (χ3v) is 2.21. The molecule has 0 heterocycles. The molecule has 84 valence electrons. The maximum Gasteiger partial charge on any atom is 0.0716 e. The van der Waals surface area contributed by atoms with Crippen LogP contribution in [-0.4, -0.2) is 24.4 Å². The molecule has 0 bridgehead atoms. The maximum absolute atomic E-state index is 8.70. The van der Waals surface area contributed by atoms with Gasteiger partial charge in [0.25, 0.3) is 0 Å². The van der Waals surface area contributed by atoms with Gasteiger partial charge in [-0.15, -0.1) is 0 Å². The Morgan fingerprint density at radius 3 is 2.67 bits per heavy atom. The molecule has 0 amide bonds. The van der Waals surface area contributed by atoms with Crippen LogP contribution in [-0.2, 0) is 11.3 Å². The Kier molecular flexibility index (Phi) is 6.00. The summed E-state index contributed by atoms with van der Waals surface area (Å²) in [7, 11) is 0. The Balaban J connectivity index is 2.03. The summed E-state index contributed by atoms with van der Waals surface area (Å²) in [5.41, 5.74) is 6.74. The molecular formula is C12H19NO2. The van der Waals surface area contributed by atoms with Gasteiger partial charge in [0.05, 0.1) is 13.2 Å². The van der Waals surface area contributed by atoms with Crippen LogP contribution in [0.1, 0.15) is 18.4 Å². The zero-order chi connectivity index (χ0) is 10.9. The minimum atomic E-state index is -0.106. The van der Waals surface area contributed by atoms with E-state index in [9.17, 15) is 0 Å². The van der Waals surface area contributed by atoms with E-state index >= 15 is 0 Å². The number of benzene rings is 1. The topological polar surface area (TPSA) is 55.5 Å². The largest absolute Gasteiger partial charge is 0.395 e. The summed E-state index contributed by atoms with van der Waals surface area (Å²) in [5, 5.41) is 8.70. The van der Waals surface area contributed by atoms with Gasteiger partial charge < -0.3 is 15.6 Å². The second-order valence-electron chi connectivity index (χ2n) is 3.62. The fourth-order valence-corrected chi connectivity index (χ4v) is 1.30. The lowest BCUT2D eigenvalue weighted by Crippen LogP contribution is -2.24. The summed E-state index contributed by atoms with van der Waals surface area (Å²) in [6, 6.07) is 9.97. The Bertz CT molecular complexity index is 251. The first-order valence-corrected chi connectivity index (χ1v) is 5.31. The number of aliphatic hydroxyl groups is 1. The molecule has 0 spiro atoms. The lowest BCUT2D eigenvalue weighted by Gasteiger charge is -2.08. The van der Waals surface area contributed by atoms with E-state index in [4.69, 9.17) is 15.6 Å². The van der Waals surface area contributed by atoms with E-state index in [1.165, 1.54) is 5.56 Å². The Hall–Kier alpha value is -0.900. The molecule has 3 N–H and O–H groups in total. The van der Waals surface area contributed by atoms with Crippen molar-refractivity contribution in [1.29, 1.82) is 0 Å². The Labute approximate surface area is 90.9 Å². The molecule has 0 aliphatic heterocycles. The second-order valence-corrected chi connectivity index (χ2v) is 3.62. The van der Waals surface area contributed by atoms with E-state index in [1.807, 2.05) is 30.3 Å². The molecule has 3 heteroatoms. The average Bonchev–Trinajstić information content (AvgIpc) is 2.29. The summed E-state index contributed by atoms with van der Waals surface area (Å²) in [4.78, 5) is 0. The van der Waals surface area contributed by atoms with Crippen LogP contribution in [0.3, 0.4) is 0 Å². The lowest BCUT2D eigenvalue weighted by atomic mass is 10.2. The predicted molar refractivity (Wildman–Crippen MR) is 60.4 cm³/mol. The molecule has 0 saturated carbocycles. The van der Waals surface area contributed by atoms with E-state index in [2.05, 4.69) is 0 Å². The van der Waals surface area contributed by atoms with Gasteiger partial charge in [0.1, 0.15) is 0 Å². The number of hydrogen-bond donors (Lipinski definition) is 2. The molecule has 1 aromatic carbocycles. The maximum atomic E-state index is 8.70. The standard InChI is InChI=1S/C12H19NO2/c13-12(9-14)7-4-8-15-10-11-5-2-1-3-6-11/h1-3,5-6,12,14H,4,7-10,13H2/t12-/m0/s1. The van der Waals surface area contributed by atoms with Gasteiger partial charge in [0.2, 0.25) is 0 Å². The molecule has 0 aliphatic rings. The van der Waals surface area contributed by atoms with Crippen molar-refractivity contribution >= 4 is 0 Å². The Morgan fingerprint density at radius 2 is 2.00 bits per heavy atom. The van der Waals surface area contributed by atoms with Crippen molar-refractivity contribution in [3.63, 3.8) is 0 Å². The first-order valence-electron chi connectivity index (χ1n) is 5.31. The van der Waals surface area contributed by atoms with Crippen LogP contribution in [0.15, 0.2) is 30.3 Å². The van der Waals surface area contributed by atoms with Crippen molar-refractivity contribution in [2.45, 2.75) is 25.5 Å². The minimum absolute atomic E-state index is 0.0543. The minimum Gasteiger partial charge on any atom is -0.395 e. The van der Waals surface area contributed by atoms with Gasteiger partial charge in [-0.25, -0.2) is 0 Å². The summed E-state index contributed by atoms with van der Waals surface area (Å²) >= 11 is 0. The van der Waals surface area contributed by atoms with Gasteiger partial charge in [-0.05, 0) is 18.4 Å². The van der Waals surface area contributed by atoms with Crippen molar-refractivity contribution in [1.82, 2.24) is 0 Å². The molecular weight excluding hydrogens is 190 g/mol. The zero-order valence-corrected chi connectivity index (χ0v) is 8.93. The van der Waals surface area contributed by atoms with Gasteiger partial charge in [-0.2, -0.15) is 0 Å². The summed E-state index contributed by atoms with van der Waals surface area (Å²) in [6.45, 7) is 1.40. The van der Waals surface area contributed by atoms with Crippen molar-refractivity contribution in [3.05, 3.63) is 35.9 Å². The van der Waals surface area contributed by atoms with Crippen LogP contribution in [0.5, 0.6) is 0 Å². The van der Waals surface area contributed by atoms with Gasteiger partial charge in [-0.3, -0.25) is 0 Å². The van der Waals surface area contributed by atoms with Gasteiger partial charge in [0, 0.05) is 12.6 Å². The van der Waals surface area contributed by atoms with Crippen LogP contribution in [0.2, 0.25) is 0 Å². The molecule has 0 unspecified atom stereocenters. The molecule has 0 fully saturated rings. The van der Waals surface area contributed by atoms with E-state index < -0.39 is 0 Å². The fraction of sp³-hybridized carbons (Fsp3) is 0.500. The quantitative estimate of drug-likeness (QED) is 0.666. The zero-order valence-electron chi connectivity index (χ0n) is 8.93. The van der Waals surface area contributed by atoms with Gasteiger partial charge in [0.15, 0.2) is 0 Å². The first kappa shape index (κ1) is 12.2. The highest BCUT2D eigenvalue weighted by Crippen LogP contribution is 2.02. The molecule has 1 aromatic rings. The van der Waals surface area contributed by atoms with E-state index in [-0.39, 0.29) is 12.6 Å². The van der Waals surface area contributed by atoms with Crippen molar-refractivity contribution in [3.8, 4) is 0 Å². The first-order chi connectivity index (χ1) is 7.33. The molecule has 15 heavy (non-hydrogen) atoms. The molecule has 0 aromatic heterocycles. The third-order valence-electron chi connectivity index (χ3n) is 2.21. The smallest absolute Gasteiger partial charge is 0.0716 e. The third kappa shape index (κ3) is 5.52. The number of ether oxygens (including phenoxy) is 1. The van der Waals surface area contributed by atoms with Crippen LogP contribution in [0, 0.1) is 0 Å². The van der Waals surface area contributed by atoms with Gasteiger partial charge >= 0.3 is 0 Å². The second kappa shape index (κ2) is 7.40. The molecule has 0 radical (unpaired) electrons. The van der Waals surface area contributed by atoms with E-state index in [1.54, 1.807) is 0 Å². The fourth-order valence-electron chi connectivity index (χ4n) is 1.30. The molecule has 3 nitrogen and oxygen atoms in total. The number of aliphatic hydroxyl groups excluding tert-OH is 1. The summed E-state index contributed by atoms with van der Waals surface area (Å²) < 4.78 is 5.48. The normalized spacial score (nSPS) is 12.7. The van der Waals surface area contributed by atoms with Crippen LogP contribution < -0.4 is 5.73 Å². The highest BCUT2D eigenvalue weighted by atomic mass is 16.5. The van der Waals surface area contributed by atoms with Crippen molar-refractivity contribution < 1.29 is 9.84 Å². The molecule has 0 saturated heterocycles. The van der Waals surface area contributed by atoms with Crippen LogP contribution >= 0.6 is 0 Å². The molecule has 0 aliphatic carbocycles. The average molecular weight is 209 g/mol. The number of nitrogens with two attached hydrogens (primary N) is 1. The summed E-state index contributed by atoms with van der Waals surface area (Å²) in [5.74, 6) is 0. The highest BCUT2D eigenvalue weighted by molar-refractivity contribution is 5.13. The van der Waals surface area contributed by atoms with Crippen LogP contribution in [0.25, 0.3) is 0 Å². The monoisotopic (exact) mass is 209 g/mol. The van der Waals surface area contributed by atoms with Gasteiger partial charge in [-0.1, -0.05) is 30.3 Å². The number of hydrogen-bond acceptors (Lipinski definition) is 3. The highest BCUT2D eigenvalue weighted by Gasteiger charge is 1.99. The molecule has 1 atom stereocenters. The van der Waals surface area contributed by atoms with E-state index in [0.717, 1.165) is 12.8 Å².